The molecule has 0 aliphatic carbocycles. The van der Waals surface area contributed by atoms with E-state index in [1.54, 1.807) is 17.0 Å². The van der Waals surface area contributed by atoms with Crippen molar-refractivity contribution in [3.8, 4) is 0 Å². The van der Waals surface area contributed by atoms with Gasteiger partial charge in [-0.05, 0) is 17.7 Å². The molecule has 25 heavy (non-hydrogen) atoms. The first kappa shape index (κ1) is 17.5. The van der Waals surface area contributed by atoms with Gasteiger partial charge in [0.2, 0.25) is 16.9 Å². The summed E-state index contributed by atoms with van der Waals surface area (Å²) in [5, 5.41) is 12.1. The maximum absolute atomic E-state index is 13.0. The number of nitrogens with zero attached hydrogens (tertiary/aromatic N) is 3. The highest BCUT2D eigenvalue weighted by Crippen LogP contribution is 2.25. The van der Waals surface area contributed by atoms with Gasteiger partial charge >= 0.3 is 0 Å². The average Bonchev–Trinajstić information content (AvgIpc) is 3.17. The summed E-state index contributed by atoms with van der Waals surface area (Å²) < 4.78 is 13.0. The van der Waals surface area contributed by atoms with Gasteiger partial charge in [0.15, 0.2) is 0 Å². The van der Waals surface area contributed by atoms with E-state index in [1.807, 2.05) is 13.8 Å². The van der Waals surface area contributed by atoms with Crippen molar-refractivity contribution in [2.24, 2.45) is 5.92 Å². The van der Waals surface area contributed by atoms with E-state index >= 15 is 0 Å². The lowest BCUT2D eigenvalue weighted by atomic mass is 10.1. The Morgan fingerprint density at radius 1 is 1.36 bits per heavy atom. The average molecular weight is 362 g/mol. The van der Waals surface area contributed by atoms with Crippen molar-refractivity contribution < 1.29 is 14.0 Å². The molecule has 0 bridgehead atoms. The van der Waals surface area contributed by atoms with Crippen LogP contribution in [0, 0.1) is 11.7 Å². The van der Waals surface area contributed by atoms with Gasteiger partial charge in [0.1, 0.15) is 10.8 Å². The second-order valence-electron chi connectivity index (χ2n) is 6.39. The van der Waals surface area contributed by atoms with Crippen LogP contribution in [0.4, 0.5) is 9.52 Å². The summed E-state index contributed by atoms with van der Waals surface area (Å²) >= 11 is 1.35. The van der Waals surface area contributed by atoms with Crippen molar-refractivity contribution in [2.45, 2.75) is 32.7 Å². The first-order valence-electron chi connectivity index (χ1n) is 8.09. The van der Waals surface area contributed by atoms with E-state index in [1.165, 1.54) is 23.5 Å². The van der Waals surface area contributed by atoms with Crippen LogP contribution >= 0.6 is 11.3 Å². The molecule has 1 saturated heterocycles. The smallest absolute Gasteiger partial charge is 0.231 e. The Kier molecular flexibility index (Phi) is 5.08. The van der Waals surface area contributed by atoms with Gasteiger partial charge in [0.25, 0.3) is 0 Å². The lowest BCUT2D eigenvalue weighted by molar-refractivity contribution is -0.128. The van der Waals surface area contributed by atoms with Crippen LogP contribution in [-0.4, -0.2) is 33.5 Å². The topological polar surface area (TPSA) is 75.2 Å². The van der Waals surface area contributed by atoms with E-state index in [-0.39, 0.29) is 30.0 Å². The zero-order chi connectivity index (χ0) is 18.0. The monoisotopic (exact) mass is 362 g/mol. The Bertz CT molecular complexity index is 775. The molecule has 0 unspecified atom stereocenters. The summed E-state index contributed by atoms with van der Waals surface area (Å²) in [6.45, 7) is 4.74. The minimum absolute atomic E-state index is 0.0791. The molecule has 6 nitrogen and oxygen atoms in total. The van der Waals surface area contributed by atoms with Gasteiger partial charge in [0.05, 0.1) is 5.92 Å². The number of likely N-dealkylation sites (tertiary alicyclic amines) is 1. The fraction of sp³-hybridized carbons (Fsp3) is 0.412. The number of amides is 2. The minimum Gasteiger partial charge on any atom is -0.338 e. The van der Waals surface area contributed by atoms with Crippen LogP contribution in [0.5, 0.6) is 0 Å². The molecule has 1 aliphatic rings. The zero-order valence-corrected chi connectivity index (χ0v) is 14.8. The molecule has 1 fully saturated rings. The zero-order valence-electron chi connectivity index (χ0n) is 14.0. The Morgan fingerprint density at radius 3 is 2.72 bits per heavy atom. The Morgan fingerprint density at radius 2 is 2.08 bits per heavy atom. The van der Waals surface area contributed by atoms with Gasteiger partial charge in [-0.2, -0.15) is 0 Å². The third-order valence-corrected chi connectivity index (χ3v) is 5.18. The third kappa shape index (κ3) is 4.19. The van der Waals surface area contributed by atoms with Gasteiger partial charge in [0, 0.05) is 25.4 Å². The number of carbonyl (C=O) groups is 2. The molecule has 3 rings (SSSR count). The van der Waals surface area contributed by atoms with Gasteiger partial charge in [-0.15, -0.1) is 10.2 Å². The van der Waals surface area contributed by atoms with Crippen molar-refractivity contribution in [1.29, 1.82) is 0 Å². The summed E-state index contributed by atoms with van der Waals surface area (Å²) in [5.74, 6) is -0.778. The van der Waals surface area contributed by atoms with Crippen LogP contribution in [0.3, 0.4) is 0 Å². The second kappa shape index (κ2) is 7.26. The first-order chi connectivity index (χ1) is 11.9. The number of benzene rings is 1. The van der Waals surface area contributed by atoms with Crippen molar-refractivity contribution in [2.75, 3.05) is 11.9 Å². The molecule has 132 valence electrons. The number of rotatable bonds is 5. The van der Waals surface area contributed by atoms with Crippen LogP contribution in [0.1, 0.15) is 36.8 Å². The largest absolute Gasteiger partial charge is 0.338 e. The maximum Gasteiger partial charge on any atom is 0.231 e. The number of hydrogen-bond acceptors (Lipinski definition) is 5. The summed E-state index contributed by atoms with van der Waals surface area (Å²) in [4.78, 5) is 26.2. The normalized spacial score (nSPS) is 17.4. The lowest BCUT2D eigenvalue weighted by Crippen LogP contribution is -2.28. The molecule has 0 saturated carbocycles. The first-order valence-corrected chi connectivity index (χ1v) is 8.90. The van der Waals surface area contributed by atoms with Gasteiger partial charge in [-0.25, -0.2) is 4.39 Å². The van der Waals surface area contributed by atoms with Crippen LogP contribution in [0.15, 0.2) is 24.3 Å². The van der Waals surface area contributed by atoms with Crippen molar-refractivity contribution in [3.05, 3.63) is 40.7 Å². The molecule has 1 aromatic carbocycles. The number of carbonyl (C=O) groups excluding carboxylic acids is 2. The molecular weight excluding hydrogens is 343 g/mol. The predicted molar refractivity (Wildman–Crippen MR) is 92.6 cm³/mol. The number of aromatic nitrogens is 2. The maximum atomic E-state index is 13.0. The van der Waals surface area contributed by atoms with E-state index in [0.717, 1.165) is 10.6 Å². The molecule has 8 heteroatoms. The Balaban J connectivity index is 1.59. The Labute approximate surface area is 149 Å². The van der Waals surface area contributed by atoms with E-state index in [0.29, 0.717) is 18.2 Å². The van der Waals surface area contributed by atoms with E-state index in [9.17, 15) is 14.0 Å². The highest BCUT2D eigenvalue weighted by molar-refractivity contribution is 7.15. The fourth-order valence-corrected chi connectivity index (χ4v) is 3.39. The van der Waals surface area contributed by atoms with E-state index in [2.05, 4.69) is 15.5 Å². The number of anilines is 1. The molecule has 1 aliphatic heterocycles. The van der Waals surface area contributed by atoms with E-state index in [4.69, 9.17) is 0 Å². The molecule has 0 radical (unpaired) electrons. The highest BCUT2D eigenvalue weighted by atomic mass is 32.1. The SMILES string of the molecule is CC(C)c1nnc(NC(=O)[C@@H]2CC(=O)N(Cc3ccc(F)cc3)C2)s1. The molecule has 1 aromatic heterocycles. The number of hydrogen-bond donors (Lipinski definition) is 1. The summed E-state index contributed by atoms with van der Waals surface area (Å²) in [6.07, 6.45) is 0.170. The summed E-state index contributed by atoms with van der Waals surface area (Å²) in [7, 11) is 0. The van der Waals surface area contributed by atoms with Crippen molar-refractivity contribution >= 4 is 28.3 Å². The number of nitrogens with one attached hydrogen (secondary N) is 1. The molecular formula is C17H19FN4O2S. The standard InChI is InChI=1S/C17H19FN4O2S/c1-10(2)16-20-21-17(25-16)19-15(24)12-7-14(23)22(9-12)8-11-3-5-13(18)6-4-11/h3-6,10,12H,7-9H2,1-2H3,(H,19,21,24)/t12-/m1/s1. The lowest BCUT2D eigenvalue weighted by Gasteiger charge is -2.16. The van der Waals surface area contributed by atoms with Crippen molar-refractivity contribution in [1.82, 2.24) is 15.1 Å². The van der Waals surface area contributed by atoms with Gasteiger partial charge < -0.3 is 10.2 Å². The predicted octanol–water partition coefficient (Wildman–Crippen LogP) is 2.79. The van der Waals surface area contributed by atoms with Crippen LogP contribution in [0.2, 0.25) is 0 Å². The molecule has 0 spiro atoms. The summed E-state index contributed by atoms with van der Waals surface area (Å²) in [6, 6.07) is 6.01. The minimum atomic E-state index is -0.417. The summed E-state index contributed by atoms with van der Waals surface area (Å²) in [5.41, 5.74) is 0.835. The highest BCUT2D eigenvalue weighted by Gasteiger charge is 2.34. The van der Waals surface area contributed by atoms with Crippen LogP contribution < -0.4 is 5.32 Å². The molecule has 2 amide bonds. The number of halogens is 1. The molecule has 2 heterocycles. The molecule has 1 N–H and O–H groups in total. The van der Waals surface area contributed by atoms with Crippen LogP contribution in [-0.2, 0) is 16.1 Å². The van der Waals surface area contributed by atoms with Crippen LogP contribution in [0.25, 0.3) is 0 Å². The van der Waals surface area contributed by atoms with Gasteiger partial charge in [-0.1, -0.05) is 37.3 Å². The Hall–Kier alpha value is -2.35. The van der Waals surface area contributed by atoms with Gasteiger partial charge in [-0.3, -0.25) is 9.59 Å². The molecule has 1 atom stereocenters. The third-order valence-electron chi connectivity index (χ3n) is 4.04. The van der Waals surface area contributed by atoms with Crippen molar-refractivity contribution in [3.63, 3.8) is 0 Å². The quantitative estimate of drug-likeness (QED) is 0.887. The fourth-order valence-electron chi connectivity index (χ4n) is 2.64. The molecule has 2 aromatic rings. The second-order valence-corrected chi connectivity index (χ2v) is 7.40. The van der Waals surface area contributed by atoms with E-state index < -0.39 is 5.92 Å².